The van der Waals surface area contributed by atoms with Crippen molar-refractivity contribution in [1.82, 2.24) is 10.3 Å². The first-order chi connectivity index (χ1) is 9.61. The number of hydrogen-bond acceptors (Lipinski definition) is 2. The van der Waals surface area contributed by atoms with E-state index in [1.807, 2.05) is 19.3 Å². The van der Waals surface area contributed by atoms with Gasteiger partial charge in [-0.05, 0) is 49.1 Å². The molecule has 2 heteroatoms. The fourth-order valence-corrected chi connectivity index (χ4v) is 2.47. The Labute approximate surface area is 122 Å². The summed E-state index contributed by atoms with van der Waals surface area (Å²) in [4.78, 5) is 4.53. The van der Waals surface area contributed by atoms with Crippen molar-refractivity contribution in [2.75, 3.05) is 7.05 Å². The van der Waals surface area contributed by atoms with Gasteiger partial charge in [0, 0.05) is 6.20 Å². The second-order valence-corrected chi connectivity index (χ2v) is 5.65. The quantitative estimate of drug-likeness (QED) is 0.886. The predicted octanol–water partition coefficient (Wildman–Crippen LogP) is 4.02. The maximum atomic E-state index is 4.53. The third-order valence-corrected chi connectivity index (χ3v) is 3.81. The number of rotatable bonds is 5. The van der Waals surface area contributed by atoms with E-state index in [2.05, 4.69) is 61.4 Å². The van der Waals surface area contributed by atoms with Gasteiger partial charge < -0.3 is 5.32 Å². The number of benzene rings is 1. The fourth-order valence-electron chi connectivity index (χ4n) is 2.47. The Morgan fingerprint density at radius 3 is 2.35 bits per heavy atom. The van der Waals surface area contributed by atoms with Gasteiger partial charge in [-0.15, -0.1) is 0 Å². The topological polar surface area (TPSA) is 24.9 Å². The zero-order chi connectivity index (χ0) is 14.5. The molecule has 1 N–H and O–H groups in total. The molecule has 0 saturated carbocycles. The molecule has 106 valence electrons. The molecule has 0 saturated heterocycles. The smallest absolute Gasteiger partial charge is 0.0605 e. The third-order valence-electron chi connectivity index (χ3n) is 3.81. The number of aryl methyl sites for hydroxylation is 1. The summed E-state index contributed by atoms with van der Waals surface area (Å²) >= 11 is 0. The van der Waals surface area contributed by atoms with E-state index in [0.717, 1.165) is 12.1 Å². The van der Waals surface area contributed by atoms with Crippen LogP contribution in [0.4, 0.5) is 0 Å². The molecule has 20 heavy (non-hydrogen) atoms. The van der Waals surface area contributed by atoms with Crippen LogP contribution in [0.15, 0.2) is 42.6 Å². The zero-order valence-corrected chi connectivity index (χ0v) is 12.9. The number of hydrogen-bond donors (Lipinski definition) is 1. The Hall–Kier alpha value is -1.67. The Balaban J connectivity index is 2.16. The van der Waals surface area contributed by atoms with Crippen molar-refractivity contribution in [2.45, 2.75) is 39.2 Å². The molecule has 0 aliphatic rings. The average molecular weight is 268 g/mol. The van der Waals surface area contributed by atoms with Gasteiger partial charge in [0.25, 0.3) is 0 Å². The van der Waals surface area contributed by atoms with Crippen LogP contribution in [0, 0.1) is 6.92 Å². The minimum absolute atomic E-state index is 0.265. The summed E-state index contributed by atoms with van der Waals surface area (Å²) in [6.07, 6.45) is 2.83. The molecule has 1 aromatic heterocycles. The van der Waals surface area contributed by atoms with Crippen molar-refractivity contribution < 1.29 is 0 Å². The van der Waals surface area contributed by atoms with Crippen LogP contribution in [0.25, 0.3) is 0 Å². The maximum Gasteiger partial charge on any atom is 0.0605 e. The number of nitrogens with one attached hydrogen (secondary N) is 1. The van der Waals surface area contributed by atoms with E-state index in [1.54, 1.807) is 0 Å². The van der Waals surface area contributed by atoms with Crippen LogP contribution in [0.2, 0.25) is 0 Å². The van der Waals surface area contributed by atoms with E-state index < -0.39 is 0 Å². The minimum Gasteiger partial charge on any atom is -0.311 e. The predicted molar refractivity (Wildman–Crippen MR) is 85.0 cm³/mol. The summed E-state index contributed by atoms with van der Waals surface area (Å²) in [5.74, 6) is 0.585. The second kappa shape index (κ2) is 6.67. The molecule has 0 aliphatic heterocycles. The molecular weight excluding hydrogens is 244 g/mol. The number of likely N-dealkylation sites (N-methyl/N-ethyl adjacent to an activating group) is 1. The van der Waals surface area contributed by atoms with Gasteiger partial charge in [0.2, 0.25) is 0 Å². The van der Waals surface area contributed by atoms with Gasteiger partial charge in [-0.25, -0.2) is 0 Å². The minimum atomic E-state index is 0.265. The molecule has 2 aromatic rings. The highest BCUT2D eigenvalue weighted by atomic mass is 14.9. The van der Waals surface area contributed by atoms with Crippen LogP contribution in [0.1, 0.15) is 48.2 Å². The number of aromatic nitrogens is 1. The van der Waals surface area contributed by atoms with E-state index in [4.69, 9.17) is 0 Å². The molecule has 0 bridgehead atoms. The molecule has 1 atom stereocenters. The van der Waals surface area contributed by atoms with Crippen LogP contribution < -0.4 is 5.32 Å². The van der Waals surface area contributed by atoms with Gasteiger partial charge in [0.05, 0.1) is 11.7 Å². The summed E-state index contributed by atoms with van der Waals surface area (Å²) in [5, 5.41) is 3.38. The maximum absolute atomic E-state index is 4.53. The van der Waals surface area contributed by atoms with Crippen LogP contribution in [0.3, 0.4) is 0 Å². The van der Waals surface area contributed by atoms with E-state index in [1.165, 1.54) is 16.7 Å². The second-order valence-electron chi connectivity index (χ2n) is 5.65. The first-order valence-corrected chi connectivity index (χ1v) is 7.29. The highest BCUT2D eigenvalue weighted by Gasteiger charge is 2.13. The van der Waals surface area contributed by atoms with E-state index in [9.17, 15) is 0 Å². The van der Waals surface area contributed by atoms with Gasteiger partial charge in [0.1, 0.15) is 0 Å². The van der Waals surface area contributed by atoms with Crippen molar-refractivity contribution in [1.29, 1.82) is 0 Å². The van der Waals surface area contributed by atoms with Gasteiger partial charge >= 0.3 is 0 Å². The zero-order valence-electron chi connectivity index (χ0n) is 12.9. The summed E-state index contributed by atoms with van der Waals surface area (Å²) in [6, 6.07) is 13.3. The van der Waals surface area contributed by atoms with Gasteiger partial charge in [-0.1, -0.05) is 44.2 Å². The highest BCUT2D eigenvalue weighted by molar-refractivity contribution is 5.28. The van der Waals surface area contributed by atoms with Crippen molar-refractivity contribution >= 4 is 0 Å². The van der Waals surface area contributed by atoms with Crippen molar-refractivity contribution in [2.24, 2.45) is 0 Å². The lowest BCUT2D eigenvalue weighted by molar-refractivity contribution is 0.572. The molecule has 0 fully saturated rings. The lowest BCUT2D eigenvalue weighted by atomic mass is 9.97. The highest BCUT2D eigenvalue weighted by Crippen LogP contribution is 2.21. The molecule has 0 radical (unpaired) electrons. The van der Waals surface area contributed by atoms with Gasteiger partial charge in [-0.3, -0.25) is 4.98 Å². The first kappa shape index (κ1) is 14.7. The Morgan fingerprint density at radius 1 is 1.10 bits per heavy atom. The van der Waals surface area contributed by atoms with E-state index in [0.29, 0.717) is 5.92 Å². The van der Waals surface area contributed by atoms with Crippen molar-refractivity contribution in [3.05, 3.63) is 65.0 Å². The van der Waals surface area contributed by atoms with Crippen LogP contribution >= 0.6 is 0 Å². The monoisotopic (exact) mass is 268 g/mol. The van der Waals surface area contributed by atoms with E-state index >= 15 is 0 Å². The van der Waals surface area contributed by atoms with Crippen LogP contribution in [-0.4, -0.2) is 12.0 Å². The number of pyridine rings is 1. The normalized spacial score (nSPS) is 12.7. The molecule has 2 rings (SSSR count). The molecule has 1 aromatic carbocycles. The molecule has 0 spiro atoms. The first-order valence-electron chi connectivity index (χ1n) is 7.29. The Morgan fingerprint density at radius 2 is 1.80 bits per heavy atom. The third kappa shape index (κ3) is 3.45. The average Bonchev–Trinajstić information content (AvgIpc) is 2.46. The van der Waals surface area contributed by atoms with Crippen molar-refractivity contribution in [3.8, 4) is 0 Å². The van der Waals surface area contributed by atoms with Crippen LogP contribution in [0.5, 0.6) is 0 Å². The van der Waals surface area contributed by atoms with Gasteiger partial charge in [-0.2, -0.15) is 0 Å². The van der Waals surface area contributed by atoms with E-state index in [-0.39, 0.29) is 6.04 Å². The Bertz CT molecular complexity index is 544. The molecule has 0 amide bonds. The molecule has 0 aliphatic carbocycles. The Kier molecular flexibility index (Phi) is 4.91. The van der Waals surface area contributed by atoms with Crippen molar-refractivity contribution in [3.63, 3.8) is 0 Å². The molecule has 1 unspecified atom stereocenters. The fraction of sp³-hybridized carbons (Fsp3) is 0.389. The molecule has 2 nitrogen and oxygen atoms in total. The number of nitrogens with zero attached hydrogens (tertiary/aromatic N) is 1. The standard InChI is InChI=1S/C18H24N2/c1-13(2)16-9-7-15(8-10-16)12-17(19-4)18-14(3)6-5-11-20-18/h5-11,13,17,19H,12H2,1-4H3. The SMILES string of the molecule is CNC(Cc1ccc(C(C)C)cc1)c1ncccc1C. The lowest BCUT2D eigenvalue weighted by Gasteiger charge is -2.18. The summed E-state index contributed by atoms with van der Waals surface area (Å²) < 4.78 is 0. The summed E-state index contributed by atoms with van der Waals surface area (Å²) in [5.41, 5.74) is 5.12. The lowest BCUT2D eigenvalue weighted by Crippen LogP contribution is -2.21. The largest absolute Gasteiger partial charge is 0.311 e. The molecule has 1 heterocycles. The van der Waals surface area contributed by atoms with Crippen LogP contribution in [-0.2, 0) is 6.42 Å². The van der Waals surface area contributed by atoms with Gasteiger partial charge in [0.15, 0.2) is 0 Å². The summed E-state index contributed by atoms with van der Waals surface area (Å²) in [7, 11) is 2.00. The summed E-state index contributed by atoms with van der Waals surface area (Å²) in [6.45, 7) is 6.57. The molecular formula is C18H24N2.